The van der Waals surface area contributed by atoms with Gasteiger partial charge in [0.2, 0.25) is 5.91 Å². The molecule has 0 unspecified atom stereocenters. The van der Waals surface area contributed by atoms with Crippen molar-refractivity contribution in [2.24, 2.45) is 11.8 Å². The second kappa shape index (κ2) is 17.0. The minimum Gasteiger partial charge on any atom is -0.482 e. The summed E-state index contributed by atoms with van der Waals surface area (Å²) in [6.07, 6.45) is 8.81. The van der Waals surface area contributed by atoms with E-state index in [2.05, 4.69) is 19.2 Å². The average molecular weight is 722 g/mol. The van der Waals surface area contributed by atoms with E-state index in [1.807, 2.05) is 16.8 Å². The Hall–Kier alpha value is -4.41. The van der Waals surface area contributed by atoms with Crippen LogP contribution in [0.15, 0.2) is 66.9 Å². The lowest BCUT2D eigenvalue weighted by molar-refractivity contribution is -0.386. The van der Waals surface area contributed by atoms with Crippen LogP contribution >= 0.6 is 23.2 Å². The fraction of sp³-hybridized carbons (Fsp3) is 0.395. The van der Waals surface area contributed by atoms with Crippen LogP contribution in [0.1, 0.15) is 92.1 Å². The lowest BCUT2D eigenvalue weighted by Gasteiger charge is -2.29. The predicted octanol–water partition coefficient (Wildman–Crippen LogP) is 9.46. The zero-order chi connectivity index (χ0) is 35.8. The number of nitrogens with zero attached hydrogens (tertiary/aromatic N) is 3. The summed E-state index contributed by atoms with van der Waals surface area (Å²) in [7, 11) is 0. The number of hydrogen-bond acceptors (Lipinski definition) is 6. The fourth-order valence-corrected chi connectivity index (χ4v) is 6.97. The number of amides is 1. The van der Waals surface area contributed by atoms with E-state index in [0.717, 1.165) is 44.9 Å². The second-order valence-electron chi connectivity index (χ2n) is 12.9. The van der Waals surface area contributed by atoms with Crippen molar-refractivity contribution in [1.29, 1.82) is 0 Å². The number of aromatic carboxylic acids is 1. The number of ether oxygens (including phenoxy) is 1. The molecule has 1 fully saturated rings. The summed E-state index contributed by atoms with van der Waals surface area (Å²) < 4.78 is 7.88. The number of aromatic nitrogens is 2. The summed E-state index contributed by atoms with van der Waals surface area (Å²) in [5, 5.41) is 25.7. The summed E-state index contributed by atoms with van der Waals surface area (Å²) in [5.41, 5.74) is 2.58. The van der Waals surface area contributed by atoms with Gasteiger partial charge in [-0.15, -0.1) is 0 Å². The number of rotatable bonds is 15. The molecule has 1 atom stereocenters. The number of nitrogens with one attached hydrogen (secondary N) is 1. The molecule has 50 heavy (non-hydrogen) atoms. The van der Waals surface area contributed by atoms with Gasteiger partial charge in [0.25, 0.3) is 0 Å². The Morgan fingerprint density at radius 1 is 1.04 bits per heavy atom. The summed E-state index contributed by atoms with van der Waals surface area (Å²) in [5.74, 6) is 0.171. The number of nitro benzene ring substituents is 1. The van der Waals surface area contributed by atoms with E-state index in [0.29, 0.717) is 50.7 Å². The number of carboxylic acids is 1. The zero-order valence-corrected chi connectivity index (χ0v) is 29.8. The van der Waals surface area contributed by atoms with E-state index >= 15 is 0 Å². The Morgan fingerprint density at radius 3 is 2.40 bits per heavy atom. The van der Waals surface area contributed by atoms with E-state index in [4.69, 9.17) is 38.0 Å². The van der Waals surface area contributed by atoms with Gasteiger partial charge in [-0.1, -0.05) is 68.1 Å². The summed E-state index contributed by atoms with van der Waals surface area (Å²) in [6, 6.07) is 15.6. The summed E-state index contributed by atoms with van der Waals surface area (Å²) >= 11 is 12.8. The summed E-state index contributed by atoms with van der Waals surface area (Å²) in [4.78, 5) is 41.8. The van der Waals surface area contributed by atoms with E-state index < -0.39 is 16.9 Å². The van der Waals surface area contributed by atoms with Crippen molar-refractivity contribution in [3.63, 3.8) is 0 Å². The van der Waals surface area contributed by atoms with Gasteiger partial charge in [-0.25, -0.2) is 9.78 Å². The van der Waals surface area contributed by atoms with Gasteiger partial charge in [-0.2, -0.15) is 0 Å². The van der Waals surface area contributed by atoms with E-state index in [1.165, 1.54) is 18.2 Å². The van der Waals surface area contributed by atoms with Crippen LogP contribution in [-0.4, -0.2) is 31.5 Å². The molecule has 0 aliphatic heterocycles. The number of aryl methyl sites for hydroxylation is 1. The Bertz CT molecular complexity index is 1820. The molecule has 264 valence electrons. The number of hydrogen-bond donors (Lipinski definition) is 2. The van der Waals surface area contributed by atoms with Crippen LogP contribution in [0.2, 0.25) is 10.0 Å². The zero-order valence-electron chi connectivity index (χ0n) is 28.2. The molecule has 1 aliphatic carbocycles. The first-order valence-electron chi connectivity index (χ1n) is 17.1. The number of halogens is 2. The normalized spacial score (nSPS) is 16.5. The highest BCUT2D eigenvalue weighted by Crippen LogP contribution is 2.35. The van der Waals surface area contributed by atoms with Gasteiger partial charge >= 0.3 is 11.7 Å². The minimum absolute atomic E-state index is 0.0178. The first-order valence-corrected chi connectivity index (χ1v) is 17.9. The van der Waals surface area contributed by atoms with Crippen molar-refractivity contribution in [2.75, 3.05) is 0 Å². The largest absolute Gasteiger partial charge is 0.482 e. The van der Waals surface area contributed by atoms with Crippen molar-refractivity contribution < 1.29 is 24.4 Å². The predicted molar refractivity (Wildman–Crippen MR) is 194 cm³/mol. The van der Waals surface area contributed by atoms with Crippen LogP contribution in [0.25, 0.3) is 11.3 Å². The Morgan fingerprint density at radius 2 is 1.76 bits per heavy atom. The lowest BCUT2D eigenvalue weighted by Crippen LogP contribution is -2.37. The first-order chi connectivity index (χ1) is 24.1. The number of benzene rings is 3. The quantitative estimate of drug-likeness (QED) is 0.0922. The standard InChI is InChI=1S/C38H42Cl2N4O6/c1-3-5-18-43-22-33(30-16-15-29(39)21-31(30)40)41-36(43)32(42-37(45)27-11-6-24(4-2)7-12-27)19-26-10-17-35(34(20-26)44(48)49)50-23-25-8-13-28(14-9-25)38(46)47/h8-10,13-17,20-22,24,27,32H,3-7,11-12,18-19,23H2,1-2H3,(H,42,45)(H,46,47)/t24-,27-,32-/m0/s1. The van der Waals surface area contributed by atoms with Crippen molar-refractivity contribution in [3.8, 4) is 17.0 Å². The molecular weight excluding hydrogens is 679 g/mol. The van der Waals surface area contributed by atoms with Crippen LogP contribution in [0, 0.1) is 22.0 Å². The molecule has 12 heteroatoms. The second-order valence-corrected chi connectivity index (χ2v) is 13.7. The molecule has 1 aromatic heterocycles. The lowest BCUT2D eigenvalue weighted by atomic mass is 9.80. The molecule has 0 radical (unpaired) electrons. The number of nitro groups is 1. The molecule has 0 saturated heterocycles. The first kappa shape index (κ1) is 36.9. The molecule has 1 saturated carbocycles. The maximum absolute atomic E-state index is 13.8. The molecule has 0 bridgehead atoms. The van der Waals surface area contributed by atoms with E-state index in [9.17, 15) is 19.7 Å². The van der Waals surface area contributed by atoms with Crippen LogP contribution < -0.4 is 10.1 Å². The Kier molecular flexibility index (Phi) is 12.5. The van der Waals surface area contributed by atoms with Crippen LogP contribution in [-0.2, 0) is 24.4 Å². The van der Waals surface area contributed by atoms with Gasteiger partial charge in [0.1, 0.15) is 12.4 Å². The highest BCUT2D eigenvalue weighted by molar-refractivity contribution is 6.36. The molecule has 1 amide bonds. The maximum atomic E-state index is 13.8. The average Bonchev–Trinajstić information content (AvgIpc) is 3.53. The SMILES string of the molecule is CCCCn1cc(-c2ccc(Cl)cc2Cl)nc1[C@H](Cc1ccc(OCc2ccc(C(=O)O)cc2)c([N+](=O)[O-])c1)NC(=O)[C@H]1CC[C@H](CC)CC1. The van der Waals surface area contributed by atoms with Gasteiger partial charge < -0.3 is 19.7 Å². The van der Waals surface area contributed by atoms with Gasteiger partial charge in [0, 0.05) is 41.7 Å². The molecule has 2 N–H and O–H groups in total. The third-order valence-corrected chi connectivity index (χ3v) is 9.99. The molecular formula is C38H42Cl2N4O6. The third kappa shape index (κ3) is 9.22. The molecule has 1 heterocycles. The molecule has 4 aromatic rings. The number of carbonyl (C=O) groups excluding carboxylic acids is 1. The van der Waals surface area contributed by atoms with Gasteiger partial charge in [-0.3, -0.25) is 14.9 Å². The monoisotopic (exact) mass is 720 g/mol. The molecule has 3 aromatic carbocycles. The van der Waals surface area contributed by atoms with Crippen LogP contribution in [0.3, 0.4) is 0 Å². The van der Waals surface area contributed by atoms with Crippen molar-refractivity contribution >= 4 is 40.8 Å². The highest BCUT2D eigenvalue weighted by Gasteiger charge is 2.30. The van der Waals surface area contributed by atoms with Gasteiger partial charge in [0.15, 0.2) is 5.75 Å². The number of imidazole rings is 1. The highest BCUT2D eigenvalue weighted by atomic mass is 35.5. The minimum atomic E-state index is -1.04. The number of carbonyl (C=O) groups is 2. The smallest absolute Gasteiger partial charge is 0.335 e. The number of unbranched alkanes of at least 4 members (excludes halogenated alkanes) is 1. The molecule has 5 rings (SSSR count). The van der Waals surface area contributed by atoms with Crippen LogP contribution in [0.5, 0.6) is 5.75 Å². The summed E-state index contributed by atoms with van der Waals surface area (Å²) in [6.45, 7) is 4.98. The number of carboxylic acid groups (broad SMARTS) is 1. The molecule has 1 aliphatic rings. The van der Waals surface area contributed by atoms with Crippen molar-refractivity contribution in [1.82, 2.24) is 14.9 Å². The van der Waals surface area contributed by atoms with Gasteiger partial charge in [0.05, 0.1) is 27.2 Å². The molecule has 0 spiro atoms. The van der Waals surface area contributed by atoms with E-state index in [-0.39, 0.29) is 41.9 Å². The third-order valence-electron chi connectivity index (χ3n) is 9.45. The van der Waals surface area contributed by atoms with Gasteiger partial charge in [-0.05, 0) is 85.5 Å². The van der Waals surface area contributed by atoms with Crippen LogP contribution in [0.4, 0.5) is 5.69 Å². The van der Waals surface area contributed by atoms with E-state index in [1.54, 1.807) is 36.4 Å². The molecule has 10 nitrogen and oxygen atoms in total. The maximum Gasteiger partial charge on any atom is 0.335 e. The van der Waals surface area contributed by atoms with Crippen molar-refractivity contribution in [2.45, 2.75) is 84.4 Å². The topological polar surface area (TPSA) is 137 Å². The Labute approximate surface area is 301 Å². The van der Waals surface area contributed by atoms with Crippen molar-refractivity contribution in [3.05, 3.63) is 110 Å². The Balaban J connectivity index is 1.46. The fourth-order valence-electron chi connectivity index (χ4n) is 6.47.